The van der Waals surface area contributed by atoms with Gasteiger partial charge in [0.15, 0.2) is 0 Å². The highest BCUT2D eigenvalue weighted by Gasteiger charge is 2.05. The second kappa shape index (κ2) is 10.2. The normalized spacial score (nSPS) is 11.4. The van der Waals surface area contributed by atoms with Gasteiger partial charge in [-0.1, -0.05) is 24.3 Å². The van der Waals surface area contributed by atoms with Gasteiger partial charge >= 0.3 is 18.0 Å². The molecule has 0 bridgehead atoms. The Hall–Kier alpha value is -4.41. The summed E-state index contributed by atoms with van der Waals surface area (Å²) in [4.78, 5) is 12.2. The van der Waals surface area contributed by atoms with Gasteiger partial charge in [-0.2, -0.15) is 10.2 Å². The van der Waals surface area contributed by atoms with Crippen molar-refractivity contribution < 1.29 is 15.0 Å². The number of guanidine groups is 2. The van der Waals surface area contributed by atoms with E-state index in [-0.39, 0.29) is 18.0 Å². The van der Waals surface area contributed by atoms with Crippen LogP contribution in [0, 0.1) is 0 Å². The lowest BCUT2D eigenvalue weighted by molar-refractivity contribution is -0.464. The summed E-state index contributed by atoms with van der Waals surface area (Å²) < 4.78 is 0. The number of benzene rings is 2. The van der Waals surface area contributed by atoms with Crippen molar-refractivity contribution in [1.82, 2.24) is 0 Å². The summed E-state index contributed by atoms with van der Waals surface area (Å²) in [5.74, 6) is 0.0189. The number of carbonyl (C=O) groups is 1. The SMILES string of the molecule is CC(=N[NH+]=C(N)N)c1ccc(NC(=O)Nc2ccc(C(C)=N[NH+]=C(N)N)cc2)cc1. The number of nitrogens with one attached hydrogen (secondary N) is 4. The summed E-state index contributed by atoms with van der Waals surface area (Å²) in [5, 5.41) is 18.6. The Bertz CT molecular complexity index is 915. The van der Waals surface area contributed by atoms with Crippen LogP contribution in [0.2, 0.25) is 0 Å². The third kappa shape index (κ3) is 6.96. The van der Waals surface area contributed by atoms with Gasteiger partial charge in [0.2, 0.25) is 0 Å². The molecule has 30 heavy (non-hydrogen) atoms. The molecule has 0 fully saturated rings. The fourth-order valence-electron chi connectivity index (χ4n) is 2.31. The molecule has 2 amide bonds. The zero-order valence-corrected chi connectivity index (χ0v) is 16.7. The largest absolute Gasteiger partial charge is 0.362 e. The zero-order chi connectivity index (χ0) is 22.1. The Balaban J connectivity index is 1.97. The Labute approximate surface area is 173 Å². The fourth-order valence-corrected chi connectivity index (χ4v) is 2.31. The Morgan fingerprint density at radius 3 is 1.33 bits per heavy atom. The van der Waals surface area contributed by atoms with Crippen molar-refractivity contribution in [2.75, 3.05) is 10.6 Å². The summed E-state index contributed by atoms with van der Waals surface area (Å²) in [6, 6.07) is 14.0. The van der Waals surface area contributed by atoms with Crippen LogP contribution < -0.4 is 43.8 Å². The van der Waals surface area contributed by atoms with E-state index in [0.717, 1.165) is 11.1 Å². The Morgan fingerprint density at radius 1 is 0.700 bits per heavy atom. The van der Waals surface area contributed by atoms with E-state index < -0.39 is 0 Å². The van der Waals surface area contributed by atoms with E-state index in [2.05, 4.69) is 31.0 Å². The highest BCUT2D eigenvalue weighted by atomic mass is 16.2. The smallest absolute Gasteiger partial charge is 0.308 e. The first-order valence-electron chi connectivity index (χ1n) is 8.90. The molecule has 2 aromatic rings. The monoisotopic (exact) mass is 410 g/mol. The molecule has 0 aliphatic heterocycles. The second-order valence-corrected chi connectivity index (χ2v) is 6.26. The molecule has 2 aromatic carbocycles. The van der Waals surface area contributed by atoms with Crippen LogP contribution in [0.25, 0.3) is 0 Å². The first-order valence-corrected chi connectivity index (χ1v) is 8.90. The zero-order valence-electron chi connectivity index (χ0n) is 16.7. The van der Waals surface area contributed by atoms with Gasteiger partial charge in [0, 0.05) is 11.4 Å². The molecule has 0 spiro atoms. The molecule has 0 saturated carbocycles. The standard InChI is InChI=1S/C19H24N10O/c1-11(26-28-17(20)21)13-3-7-15(8-4-13)24-19(30)25-16-9-5-14(6-10-16)12(2)27-29-18(22)23/h3-10H,1-2H3,(H4,20,21,28)(H4,22,23,29)(H2,24,25,30)/p+2. The highest BCUT2D eigenvalue weighted by Crippen LogP contribution is 2.13. The first-order chi connectivity index (χ1) is 14.2. The fraction of sp³-hybridized carbons (Fsp3) is 0.105. The second-order valence-electron chi connectivity index (χ2n) is 6.26. The lowest BCUT2D eigenvalue weighted by Gasteiger charge is -2.09. The molecule has 156 valence electrons. The first kappa shape index (κ1) is 21.9. The van der Waals surface area contributed by atoms with Crippen molar-refractivity contribution >= 4 is 40.7 Å². The minimum absolute atomic E-state index is 0.00946. The number of nitrogens with two attached hydrogens (primary N) is 4. The molecule has 12 N–H and O–H groups in total. The molecule has 0 aliphatic rings. The number of anilines is 2. The predicted molar refractivity (Wildman–Crippen MR) is 119 cm³/mol. The summed E-state index contributed by atoms with van der Waals surface area (Å²) in [6.07, 6.45) is 0. The van der Waals surface area contributed by atoms with E-state index in [1.54, 1.807) is 38.1 Å². The third-order valence-electron chi connectivity index (χ3n) is 3.83. The van der Waals surface area contributed by atoms with Gasteiger partial charge < -0.3 is 10.6 Å². The maximum Gasteiger partial charge on any atom is 0.362 e. The number of hydrazone groups is 2. The van der Waals surface area contributed by atoms with E-state index in [0.29, 0.717) is 22.8 Å². The van der Waals surface area contributed by atoms with Crippen molar-refractivity contribution in [2.45, 2.75) is 13.8 Å². The van der Waals surface area contributed by atoms with Gasteiger partial charge in [0.1, 0.15) is 0 Å². The average Bonchev–Trinajstić information content (AvgIpc) is 2.71. The van der Waals surface area contributed by atoms with Crippen LogP contribution in [0.3, 0.4) is 0 Å². The third-order valence-corrected chi connectivity index (χ3v) is 3.83. The molecule has 0 atom stereocenters. The van der Waals surface area contributed by atoms with Crippen molar-refractivity contribution in [3.63, 3.8) is 0 Å². The molecule has 11 heteroatoms. The van der Waals surface area contributed by atoms with Crippen LogP contribution in [-0.2, 0) is 0 Å². The number of carbonyl (C=O) groups excluding carboxylic acids is 1. The number of amides is 2. The lowest BCUT2D eigenvalue weighted by atomic mass is 10.1. The van der Waals surface area contributed by atoms with Crippen LogP contribution >= 0.6 is 0 Å². The van der Waals surface area contributed by atoms with Crippen LogP contribution in [0.4, 0.5) is 16.2 Å². The molecule has 0 aromatic heterocycles. The summed E-state index contributed by atoms with van der Waals surface area (Å²) in [7, 11) is 0. The highest BCUT2D eigenvalue weighted by molar-refractivity contribution is 6.02. The molecule has 2 rings (SSSR count). The number of hydrogen-bond donors (Lipinski definition) is 8. The quantitative estimate of drug-likeness (QED) is 0.147. The van der Waals surface area contributed by atoms with Gasteiger partial charge in [0.05, 0.1) is 11.4 Å². The minimum Gasteiger partial charge on any atom is -0.308 e. The van der Waals surface area contributed by atoms with Crippen molar-refractivity contribution in [3.8, 4) is 0 Å². The molecule has 0 saturated heterocycles. The minimum atomic E-state index is -0.370. The van der Waals surface area contributed by atoms with Crippen LogP contribution in [-0.4, -0.2) is 29.4 Å². The number of urea groups is 1. The Kier molecular flexibility index (Phi) is 7.46. The summed E-state index contributed by atoms with van der Waals surface area (Å²) >= 11 is 0. The summed E-state index contributed by atoms with van der Waals surface area (Å²) in [6.45, 7) is 3.61. The van der Waals surface area contributed by atoms with Crippen LogP contribution in [0.1, 0.15) is 25.0 Å². The Morgan fingerprint density at radius 2 is 1.03 bits per heavy atom. The van der Waals surface area contributed by atoms with Gasteiger partial charge in [-0.3, -0.25) is 22.9 Å². The van der Waals surface area contributed by atoms with E-state index in [9.17, 15) is 4.79 Å². The maximum absolute atomic E-state index is 12.2. The number of nitrogens with zero attached hydrogens (tertiary/aromatic N) is 2. The molecular formula is C19H26N10O+2. The number of rotatable bonds is 6. The molecule has 0 heterocycles. The molecule has 0 unspecified atom stereocenters. The van der Waals surface area contributed by atoms with E-state index in [1.807, 2.05) is 24.3 Å². The molecule has 0 aliphatic carbocycles. The average molecular weight is 410 g/mol. The van der Waals surface area contributed by atoms with E-state index in [1.165, 1.54) is 0 Å². The summed E-state index contributed by atoms with van der Waals surface area (Å²) in [5.41, 5.74) is 25.6. The predicted octanol–water partition coefficient (Wildman–Crippen LogP) is -2.51. The van der Waals surface area contributed by atoms with Crippen molar-refractivity contribution in [3.05, 3.63) is 59.7 Å². The molecule has 11 nitrogen and oxygen atoms in total. The molecular weight excluding hydrogens is 384 g/mol. The van der Waals surface area contributed by atoms with E-state index in [4.69, 9.17) is 22.9 Å². The van der Waals surface area contributed by atoms with Crippen LogP contribution in [0.15, 0.2) is 58.7 Å². The molecule has 0 radical (unpaired) electrons. The lowest BCUT2D eigenvalue weighted by Crippen LogP contribution is -2.72. The topological polar surface area (TPSA) is 198 Å². The van der Waals surface area contributed by atoms with E-state index >= 15 is 0 Å². The van der Waals surface area contributed by atoms with Gasteiger partial charge in [-0.05, 0) is 49.2 Å². The van der Waals surface area contributed by atoms with Gasteiger partial charge in [-0.25, -0.2) is 4.79 Å². The van der Waals surface area contributed by atoms with Crippen LogP contribution in [0.5, 0.6) is 0 Å². The van der Waals surface area contributed by atoms with Gasteiger partial charge in [-0.15, -0.1) is 10.2 Å². The van der Waals surface area contributed by atoms with Crippen molar-refractivity contribution in [1.29, 1.82) is 0 Å². The number of hydrogen-bond acceptors (Lipinski definition) is 3. The van der Waals surface area contributed by atoms with Gasteiger partial charge in [0.25, 0.3) is 0 Å². The maximum atomic E-state index is 12.2. The van der Waals surface area contributed by atoms with Crippen molar-refractivity contribution in [2.24, 2.45) is 33.1 Å².